The standard InChI is InChI=1S/C15H17BrN2O2/c1-9-7-12(11(3)19)5-6-14(9)20-8-13-15(16)10(2)17-18(13)4/h5-7H,8H2,1-4H3. The summed E-state index contributed by atoms with van der Waals surface area (Å²) in [6.07, 6.45) is 0. The number of aromatic nitrogens is 2. The zero-order valence-electron chi connectivity index (χ0n) is 12.0. The van der Waals surface area contributed by atoms with Gasteiger partial charge in [0.25, 0.3) is 0 Å². The third-order valence-corrected chi connectivity index (χ3v) is 4.24. The Morgan fingerprint density at radius 1 is 1.40 bits per heavy atom. The number of halogens is 1. The molecule has 0 atom stereocenters. The Kier molecular flexibility index (Phi) is 4.28. The van der Waals surface area contributed by atoms with E-state index in [-0.39, 0.29) is 5.78 Å². The SMILES string of the molecule is CC(=O)c1ccc(OCc2c(Br)c(C)nn2C)c(C)c1. The van der Waals surface area contributed by atoms with Gasteiger partial charge in [0.2, 0.25) is 0 Å². The Bertz CT molecular complexity index is 662. The van der Waals surface area contributed by atoms with Crippen molar-refractivity contribution in [2.24, 2.45) is 7.05 Å². The van der Waals surface area contributed by atoms with Gasteiger partial charge in [0.05, 0.1) is 15.9 Å². The van der Waals surface area contributed by atoms with Crippen LogP contribution in [0.1, 0.15) is 34.2 Å². The highest BCUT2D eigenvalue weighted by molar-refractivity contribution is 9.10. The van der Waals surface area contributed by atoms with E-state index in [0.29, 0.717) is 12.2 Å². The molecule has 2 aromatic rings. The largest absolute Gasteiger partial charge is 0.487 e. The van der Waals surface area contributed by atoms with Crippen LogP contribution >= 0.6 is 15.9 Å². The molecule has 20 heavy (non-hydrogen) atoms. The predicted octanol–water partition coefficient (Wildman–Crippen LogP) is 3.58. The Morgan fingerprint density at radius 2 is 2.10 bits per heavy atom. The average molecular weight is 337 g/mol. The van der Waals surface area contributed by atoms with Crippen LogP contribution in [-0.4, -0.2) is 15.6 Å². The minimum absolute atomic E-state index is 0.0599. The van der Waals surface area contributed by atoms with Gasteiger partial charge in [0.15, 0.2) is 5.78 Å². The molecule has 0 aliphatic rings. The van der Waals surface area contributed by atoms with E-state index in [1.807, 2.05) is 33.0 Å². The first-order chi connectivity index (χ1) is 9.40. The molecule has 0 saturated carbocycles. The molecule has 1 heterocycles. The van der Waals surface area contributed by atoms with Crippen LogP contribution in [0.4, 0.5) is 0 Å². The van der Waals surface area contributed by atoms with Crippen LogP contribution in [0.25, 0.3) is 0 Å². The van der Waals surface area contributed by atoms with E-state index in [1.165, 1.54) is 0 Å². The molecule has 0 amide bonds. The first kappa shape index (κ1) is 14.8. The monoisotopic (exact) mass is 336 g/mol. The maximum atomic E-state index is 11.3. The van der Waals surface area contributed by atoms with E-state index in [1.54, 1.807) is 17.7 Å². The van der Waals surface area contributed by atoms with Crippen LogP contribution in [0.3, 0.4) is 0 Å². The van der Waals surface area contributed by atoms with Crippen molar-refractivity contribution in [2.45, 2.75) is 27.4 Å². The van der Waals surface area contributed by atoms with Gasteiger partial charge in [-0.3, -0.25) is 9.48 Å². The zero-order valence-corrected chi connectivity index (χ0v) is 13.6. The second-order valence-corrected chi connectivity index (χ2v) is 5.59. The lowest BCUT2D eigenvalue weighted by atomic mass is 10.1. The topological polar surface area (TPSA) is 44.1 Å². The highest BCUT2D eigenvalue weighted by atomic mass is 79.9. The molecule has 0 bridgehead atoms. The van der Waals surface area contributed by atoms with Crippen LogP contribution in [0.2, 0.25) is 0 Å². The molecular weight excluding hydrogens is 320 g/mol. The average Bonchev–Trinajstić information content (AvgIpc) is 2.62. The third-order valence-electron chi connectivity index (χ3n) is 3.21. The van der Waals surface area contributed by atoms with Gasteiger partial charge in [0.1, 0.15) is 12.4 Å². The quantitative estimate of drug-likeness (QED) is 0.801. The lowest BCUT2D eigenvalue weighted by Crippen LogP contribution is -2.05. The molecule has 0 fully saturated rings. The molecule has 0 radical (unpaired) electrons. The number of ether oxygens (including phenoxy) is 1. The van der Waals surface area contributed by atoms with Gasteiger partial charge in [-0.15, -0.1) is 0 Å². The number of carbonyl (C=O) groups is 1. The number of carbonyl (C=O) groups excluding carboxylic acids is 1. The van der Waals surface area contributed by atoms with Gasteiger partial charge in [-0.1, -0.05) is 0 Å². The second kappa shape index (κ2) is 5.79. The number of benzene rings is 1. The number of ketones is 1. The summed E-state index contributed by atoms with van der Waals surface area (Å²) in [5.74, 6) is 0.838. The number of nitrogens with zero attached hydrogens (tertiary/aromatic N) is 2. The first-order valence-electron chi connectivity index (χ1n) is 6.32. The van der Waals surface area contributed by atoms with Crippen LogP contribution < -0.4 is 4.74 Å². The molecule has 1 aromatic carbocycles. The summed E-state index contributed by atoms with van der Waals surface area (Å²) in [5.41, 5.74) is 3.58. The van der Waals surface area contributed by atoms with Crippen LogP contribution in [0.15, 0.2) is 22.7 Å². The number of hydrogen-bond acceptors (Lipinski definition) is 3. The van der Waals surface area contributed by atoms with E-state index < -0.39 is 0 Å². The number of Topliss-reactive ketones (excluding diaryl/α,β-unsaturated/α-hetero) is 1. The smallest absolute Gasteiger partial charge is 0.159 e. The van der Waals surface area contributed by atoms with E-state index in [0.717, 1.165) is 27.2 Å². The Labute approximate surface area is 126 Å². The molecule has 0 saturated heterocycles. The minimum Gasteiger partial charge on any atom is -0.487 e. The van der Waals surface area contributed by atoms with Gasteiger partial charge < -0.3 is 4.74 Å². The number of aryl methyl sites for hydroxylation is 3. The van der Waals surface area contributed by atoms with Gasteiger partial charge in [0, 0.05) is 12.6 Å². The summed E-state index contributed by atoms with van der Waals surface area (Å²) >= 11 is 3.52. The number of rotatable bonds is 4. The summed E-state index contributed by atoms with van der Waals surface area (Å²) in [5, 5.41) is 4.33. The summed E-state index contributed by atoms with van der Waals surface area (Å²) in [6, 6.07) is 5.47. The summed E-state index contributed by atoms with van der Waals surface area (Å²) in [7, 11) is 1.89. The molecule has 106 valence electrons. The molecule has 5 heteroatoms. The molecule has 0 unspecified atom stereocenters. The van der Waals surface area contributed by atoms with Gasteiger partial charge >= 0.3 is 0 Å². The van der Waals surface area contributed by atoms with E-state index in [4.69, 9.17) is 4.74 Å². The van der Waals surface area contributed by atoms with Gasteiger partial charge in [-0.05, 0) is 60.5 Å². The first-order valence-corrected chi connectivity index (χ1v) is 7.11. The van der Waals surface area contributed by atoms with Crippen molar-refractivity contribution in [3.05, 3.63) is 45.2 Å². The van der Waals surface area contributed by atoms with Crippen molar-refractivity contribution in [3.8, 4) is 5.75 Å². The van der Waals surface area contributed by atoms with E-state index in [9.17, 15) is 4.79 Å². The van der Waals surface area contributed by atoms with Gasteiger partial charge in [-0.2, -0.15) is 5.10 Å². The van der Waals surface area contributed by atoms with Crippen LogP contribution in [-0.2, 0) is 13.7 Å². The maximum Gasteiger partial charge on any atom is 0.159 e. The molecule has 0 aliphatic carbocycles. The Hall–Kier alpha value is -1.62. The molecule has 2 rings (SSSR count). The fourth-order valence-corrected chi connectivity index (χ4v) is 2.46. The zero-order chi connectivity index (χ0) is 14.9. The van der Waals surface area contributed by atoms with E-state index in [2.05, 4.69) is 21.0 Å². The van der Waals surface area contributed by atoms with Crippen LogP contribution in [0, 0.1) is 13.8 Å². The summed E-state index contributed by atoms with van der Waals surface area (Å²) in [4.78, 5) is 11.3. The Morgan fingerprint density at radius 3 is 2.60 bits per heavy atom. The van der Waals surface area contributed by atoms with Gasteiger partial charge in [-0.25, -0.2) is 0 Å². The molecule has 0 spiro atoms. The molecule has 4 nitrogen and oxygen atoms in total. The fraction of sp³-hybridized carbons (Fsp3) is 0.333. The lowest BCUT2D eigenvalue weighted by molar-refractivity contribution is 0.101. The third kappa shape index (κ3) is 2.93. The van der Waals surface area contributed by atoms with Crippen molar-refractivity contribution < 1.29 is 9.53 Å². The number of hydrogen-bond donors (Lipinski definition) is 0. The normalized spacial score (nSPS) is 10.7. The predicted molar refractivity (Wildman–Crippen MR) is 81.2 cm³/mol. The van der Waals surface area contributed by atoms with Crippen molar-refractivity contribution in [1.82, 2.24) is 9.78 Å². The molecule has 0 aliphatic heterocycles. The highest BCUT2D eigenvalue weighted by Crippen LogP contribution is 2.24. The summed E-state index contributed by atoms with van der Waals surface area (Å²) in [6.45, 7) is 5.87. The van der Waals surface area contributed by atoms with Crippen LogP contribution in [0.5, 0.6) is 5.75 Å². The van der Waals surface area contributed by atoms with Crippen molar-refractivity contribution in [3.63, 3.8) is 0 Å². The van der Waals surface area contributed by atoms with Crippen molar-refractivity contribution >= 4 is 21.7 Å². The summed E-state index contributed by atoms with van der Waals surface area (Å²) < 4.78 is 8.61. The molecular formula is C15H17BrN2O2. The Balaban J connectivity index is 2.17. The molecule has 1 aromatic heterocycles. The van der Waals surface area contributed by atoms with E-state index >= 15 is 0 Å². The van der Waals surface area contributed by atoms with Crippen molar-refractivity contribution in [1.29, 1.82) is 0 Å². The molecule has 0 N–H and O–H groups in total. The highest BCUT2D eigenvalue weighted by Gasteiger charge is 2.12. The minimum atomic E-state index is 0.0599. The second-order valence-electron chi connectivity index (χ2n) is 4.79. The lowest BCUT2D eigenvalue weighted by Gasteiger charge is -2.10. The fourth-order valence-electron chi connectivity index (χ4n) is 2.01. The maximum absolute atomic E-state index is 11.3. The van der Waals surface area contributed by atoms with Crippen molar-refractivity contribution in [2.75, 3.05) is 0 Å².